The first kappa shape index (κ1) is 15.0. The number of aliphatic hydroxyl groups is 1. The summed E-state index contributed by atoms with van der Waals surface area (Å²) in [6.45, 7) is 5.96. The minimum absolute atomic E-state index is 0.166. The number of nitrogens with zero attached hydrogens (tertiary/aromatic N) is 3. The van der Waals surface area contributed by atoms with Crippen LogP contribution in [0.1, 0.15) is 11.4 Å². The lowest BCUT2D eigenvalue weighted by Crippen LogP contribution is -2.49. The molecule has 0 spiro atoms. The molecule has 1 fully saturated rings. The molecule has 0 unspecified atom stereocenters. The number of aromatic nitrogens is 2. The second-order valence-electron chi connectivity index (χ2n) is 5.80. The minimum Gasteiger partial charge on any atom is -0.395 e. The van der Waals surface area contributed by atoms with Crippen LogP contribution in [0, 0.1) is 6.92 Å². The molecule has 2 aromatic rings. The molecule has 2 N–H and O–H groups in total. The number of carbonyl (C=O) groups is 1. The third-order valence-electron chi connectivity index (χ3n) is 4.16. The van der Waals surface area contributed by atoms with Gasteiger partial charge >= 0.3 is 0 Å². The second-order valence-corrected chi connectivity index (χ2v) is 5.80. The lowest BCUT2D eigenvalue weighted by atomic mass is 10.1. The van der Waals surface area contributed by atoms with Crippen molar-refractivity contribution in [2.75, 3.05) is 39.3 Å². The van der Waals surface area contributed by atoms with Crippen molar-refractivity contribution in [1.82, 2.24) is 19.8 Å². The molecule has 0 atom stereocenters. The van der Waals surface area contributed by atoms with Crippen LogP contribution < -0.4 is 0 Å². The Morgan fingerprint density at radius 2 is 2.09 bits per heavy atom. The molecule has 0 radical (unpaired) electrons. The van der Waals surface area contributed by atoms with Gasteiger partial charge in [0, 0.05) is 32.7 Å². The molecule has 1 saturated heterocycles. The van der Waals surface area contributed by atoms with Gasteiger partial charge in [0.1, 0.15) is 5.82 Å². The van der Waals surface area contributed by atoms with E-state index >= 15 is 0 Å². The van der Waals surface area contributed by atoms with Gasteiger partial charge in [-0.1, -0.05) is 6.07 Å². The third-order valence-corrected chi connectivity index (χ3v) is 4.16. The Kier molecular flexibility index (Phi) is 4.40. The zero-order valence-corrected chi connectivity index (χ0v) is 12.9. The lowest BCUT2D eigenvalue weighted by molar-refractivity contribution is -0.132. The number of hydrogen-bond donors (Lipinski definition) is 2. The number of fused-ring (bicyclic) bond motifs is 1. The summed E-state index contributed by atoms with van der Waals surface area (Å²) in [5.41, 5.74) is 2.93. The van der Waals surface area contributed by atoms with Crippen LogP contribution >= 0.6 is 0 Å². The predicted octanol–water partition coefficient (Wildman–Crippen LogP) is 0.550. The highest BCUT2D eigenvalue weighted by atomic mass is 16.3. The van der Waals surface area contributed by atoms with Crippen LogP contribution in [0.3, 0.4) is 0 Å². The number of carbonyl (C=O) groups excluding carboxylic acids is 1. The number of piperazine rings is 1. The number of aryl methyl sites for hydroxylation is 1. The quantitative estimate of drug-likeness (QED) is 0.865. The molecule has 1 amide bonds. The van der Waals surface area contributed by atoms with Crippen molar-refractivity contribution in [2.45, 2.75) is 13.3 Å². The second kappa shape index (κ2) is 6.46. The summed E-state index contributed by atoms with van der Waals surface area (Å²) < 4.78 is 0. The van der Waals surface area contributed by atoms with Crippen LogP contribution in [0.4, 0.5) is 0 Å². The SMILES string of the molecule is Cc1nc2ccc(CC(=O)N3CCN(CCO)CC3)cc2[nH]1. The first-order valence-electron chi connectivity index (χ1n) is 7.72. The number of aliphatic hydroxyl groups excluding tert-OH is 1. The standard InChI is InChI=1S/C16H22N4O2/c1-12-17-14-3-2-13(10-15(14)18-12)11-16(22)20-6-4-19(5-7-20)8-9-21/h2-3,10,21H,4-9,11H2,1H3,(H,17,18). The van der Waals surface area contributed by atoms with Crippen LogP contribution in [-0.4, -0.2) is 70.1 Å². The molecule has 22 heavy (non-hydrogen) atoms. The first-order chi connectivity index (χ1) is 10.7. The molecule has 0 aliphatic carbocycles. The van der Waals surface area contributed by atoms with E-state index in [0.717, 1.165) is 48.6 Å². The highest BCUT2D eigenvalue weighted by Gasteiger charge is 2.20. The number of hydrogen-bond acceptors (Lipinski definition) is 4. The van der Waals surface area contributed by atoms with Crippen molar-refractivity contribution in [1.29, 1.82) is 0 Å². The molecule has 1 aromatic heterocycles. The van der Waals surface area contributed by atoms with Gasteiger partial charge in [-0.15, -0.1) is 0 Å². The van der Waals surface area contributed by atoms with Gasteiger partial charge in [0.05, 0.1) is 24.1 Å². The van der Waals surface area contributed by atoms with Crippen molar-refractivity contribution in [3.63, 3.8) is 0 Å². The van der Waals surface area contributed by atoms with Crippen molar-refractivity contribution >= 4 is 16.9 Å². The van der Waals surface area contributed by atoms with Gasteiger partial charge in [-0.2, -0.15) is 0 Å². The van der Waals surface area contributed by atoms with Crippen LogP contribution in [0.15, 0.2) is 18.2 Å². The Labute approximate surface area is 129 Å². The Hall–Kier alpha value is -1.92. The van der Waals surface area contributed by atoms with Gasteiger partial charge in [0.15, 0.2) is 0 Å². The molecule has 0 saturated carbocycles. The van der Waals surface area contributed by atoms with Crippen LogP contribution in [0.2, 0.25) is 0 Å². The molecular weight excluding hydrogens is 280 g/mol. The summed E-state index contributed by atoms with van der Waals surface area (Å²) >= 11 is 0. The van der Waals surface area contributed by atoms with Gasteiger partial charge < -0.3 is 15.0 Å². The molecule has 1 aliphatic heterocycles. The zero-order valence-electron chi connectivity index (χ0n) is 12.9. The van der Waals surface area contributed by atoms with E-state index in [-0.39, 0.29) is 12.5 Å². The molecule has 6 heteroatoms. The topological polar surface area (TPSA) is 72.5 Å². The number of rotatable bonds is 4. The fourth-order valence-corrected chi connectivity index (χ4v) is 2.94. The van der Waals surface area contributed by atoms with Crippen molar-refractivity contribution in [3.05, 3.63) is 29.6 Å². The molecule has 118 valence electrons. The van der Waals surface area contributed by atoms with E-state index in [9.17, 15) is 4.79 Å². The molecular formula is C16H22N4O2. The molecule has 1 aromatic carbocycles. The monoisotopic (exact) mass is 302 g/mol. The number of aromatic amines is 1. The number of H-pyrrole nitrogens is 1. The third kappa shape index (κ3) is 3.28. The smallest absolute Gasteiger partial charge is 0.227 e. The maximum absolute atomic E-state index is 12.4. The largest absolute Gasteiger partial charge is 0.395 e. The number of amides is 1. The molecule has 1 aliphatic rings. The van der Waals surface area contributed by atoms with Crippen molar-refractivity contribution in [3.8, 4) is 0 Å². The lowest BCUT2D eigenvalue weighted by Gasteiger charge is -2.34. The van der Waals surface area contributed by atoms with Crippen molar-refractivity contribution < 1.29 is 9.90 Å². The first-order valence-corrected chi connectivity index (χ1v) is 7.72. The summed E-state index contributed by atoms with van der Waals surface area (Å²) in [6.07, 6.45) is 0.425. The molecule has 2 heterocycles. The Morgan fingerprint density at radius 1 is 1.32 bits per heavy atom. The van der Waals surface area contributed by atoms with E-state index in [1.54, 1.807) is 0 Å². The average molecular weight is 302 g/mol. The Morgan fingerprint density at radius 3 is 2.82 bits per heavy atom. The van der Waals surface area contributed by atoms with Gasteiger partial charge in [0.25, 0.3) is 0 Å². The fourth-order valence-electron chi connectivity index (χ4n) is 2.94. The average Bonchev–Trinajstić information content (AvgIpc) is 2.87. The normalized spacial score (nSPS) is 16.4. The van der Waals surface area contributed by atoms with Crippen LogP contribution in [0.25, 0.3) is 11.0 Å². The molecule has 6 nitrogen and oxygen atoms in total. The summed E-state index contributed by atoms with van der Waals surface area (Å²) in [6, 6.07) is 5.94. The summed E-state index contributed by atoms with van der Waals surface area (Å²) in [5.74, 6) is 1.05. The number of imidazole rings is 1. The number of nitrogens with one attached hydrogen (secondary N) is 1. The highest BCUT2D eigenvalue weighted by molar-refractivity contribution is 5.82. The van der Waals surface area contributed by atoms with E-state index in [1.807, 2.05) is 30.0 Å². The maximum atomic E-state index is 12.4. The minimum atomic E-state index is 0.166. The van der Waals surface area contributed by atoms with E-state index in [1.165, 1.54) is 0 Å². The van der Waals surface area contributed by atoms with Crippen molar-refractivity contribution in [2.24, 2.45) is 0 Å². The zero-order chi connectivity index (χ0) is 15.5. The predicted molar refractivity (Wildman–Crippen MR) is 84.6 cm³/mol. The number of β-amino-alcohol motifs (C(OH)–C–C–N with tert-alkyl or cyclic N) is 1. The van der Waals surface area contributed by atoms with Crippen LogP contribution in [0.5, 0.6) is 0 Å². The van der Waals surface area contributed by atoms with E-state index in [0.29, 0.717) is 13.0 Å². The number of benzene rings is 1. The molecule has 0 bridgehead atoms. The highest BCUT2D eigenvalue weighted by Crippen LogP contribution is 2.15. The van der Waals surface area contributed by atoms with Gasteiger partial charge in [-0.05, 0) is 24.6 Å². The van der Waals surface area contributed by atoms with Gasteiger partial charge in [-0.25, -0.2) is 4.98 Å². The summed E-state index contributed by atoms with van der Waals surface area (Å²) in [4.78, 5) is 24.1. The van der Waals surface area contributed by atoms with E-state index < -0.39 is 0 Å². The maximum Gasteiger partial charge on any atom is 0.227 e. The fraction of sp³-hybridized carbons (Fsp3) is 0.500. The molecule has 3 rings (SSSR count). The summed E-state index contributed by atoms with van der Waals surface area (Å²) in [5, 5.41) is 8.95. The Bertz CT molecular complexity index is 659. The van der Waals surface area contributed by atoms with Gasteiger partial charge in [-0.3, -0.25) is 9.69 Å². The van der Waals surface area contributed by atoms with E-state index in [4.69, 9.17) is 5.11 Å². The Balaban J connectivity index is 1.61. The van der Waals surface area contributed by atoms with E-state index in [2.05, 4.69) is 14.9 Å². The summed E-state index contributed by atoms with van der Waals surface area (Å²) in [7, 11) is 0. The van der Waals surface area contributed by atoms with Gasteiger partial charge in [0.2, 0.25) is 5.91 Å². The van der Waals surface area contributed by atoms with Crippen LogP contribution in [-0.2, 0) is 11.2 Å².